The summed E-state index contributed by atoms with van der Waals surface area (Å²) in [4.78, 5) is 26.7. The van der Waals surface area contributed by atoms with Crippen molar-refractivity contribution in [1.29, 1.82) is 0 Å². The SMILES string of the molecule is C[C@@H](O)CNc1c(NCc2ccncc2)c(=O)c1=O. The summed E-state index contributed by atoms with van der Waals surface area (Å²) in [6.07, 6.45) is 2.73. The molecule has 0 aliphatic heterocycles. The molecule has 0 aliphatic carbocycles. The average molecular weight is 261 g/mol. The highest BCUT2D eigenvalue weighted by Crippen LogP contribution is 2.15. The molecule has 0 fully saturated rings. The Kier molecular flexibility index (Phi) is 3.91. The molecule has 6 heteroatoms. The molecule has 2 rings (SSSR count). The fraction of sp³-hybridized carbons (Fsp3) is 0.308. The van der Waals surface area contributed by atoms with Crippen LogP contribution in [0.3, 0.4) is 0 Å². The number of hydrogen-bond donors (Lipinski definition) is 3. The molecule has 1 atom stereocenters. The average Bonchev–Trinajstić information content (AvgIpc) is 2.42. The Morgan fingerprint density at radius 3 is 2.32 bits per heavy atom. The minimum atomic E-state index is -0.586. The molecule has 3 N–H and O–H groups in total. The van der Waals surface area contributed by atoms with Crippen LogP contribution in [-0.2, 0) is 6.54 Å². The summed E-state index contributed by atoms with van der Waals surface area (Å²) in [6.45, 7) is 2.27. The van der Waals surface area contributed by atoms with E-state index in [-0.39, 0.29) is 17.9 Å². The standard InChI is InChI=1S/C13H15N3O3/c1-8(17)6-15-10-11(13(19)12(10)18)16-7-9-2-4-14-5-3-9/h2-5,8,15-17H,6-7H2,1H3/t8-/m1/s1. The van der Waals surface area contributed by atoms with Crippen molar-refractivity contribution >= 4 is 11.4 Å². The number of pyridine rings is 1. The van der Waals surface area contributed by atoms with Gasteiger partial charge in [-0.25, -0.2) is 0 Å². The molecule has 0 unspecified atom stereocenters. The van der Waals surface area contributed by atoms with Crippen LogP contribution < -0.4 is 21.5 Å². The van der Waals surface area contributed by atoms with E-state index in [4.69, 9.17) is 5.11 Å². The second-order valence-corrected chi connectivity index (χ2v) is 4.35. The molecular weight excluding hydrogens is 246 g/mol. The number of nitrogens with one attached hydrogen (secondary N) is 2. The van der Waals surface area contributed by atoms with E-state index in [1.165, 1.54) is 0 Å². The Labute approximate surface area is 109 Å². The fourth-order valence-electron chi connectivity index (χ4n) is 1.67. The molecule has 1 heterocycles. The van der Waals surface area contributed by atoms with Crippen LogP contribution in [0.5, 0.6) is 0 Å². The Hall–Kier alpha value is -2.21. The van der Waals surface area contributed by atoms with E-state index in [1.54, 1.807) is 19.3 Å². The predicted octanol–water partition coefficient (Wildman–Crippen LogP) is 0.0824. The van der Waals surface area contributed by atoms with Gasteiger partial charge in [0, 0.05) is 25.5 Å². The van der Waals surface area contributed by atoms with E-state index < -0.39 is 17.0 Å². The lowest BCUT2D eigenvalue weighted by Crippen LogP contribution is -2.38. The van der Waals surface area contributed by atoms with Crippen molar-refractivity contribution in [2.75, 3.05) is 17.2 Å². The van der Waals surface area contributed by atoms with Crippen molar-refractivity contribution in [2.24, 2.45) is 0 Å². The van der Waals surface area contributed by atoms with Crippen LogP contribution in [0.15, 0.2) is 34.1 Å². The Balaban J connectivity index is 2.03. The van der Waals surface area contributed by atoms with Crippen molar-refractivity contribution in [1.82, 2.24) is 4.98 Å². The minimum Gasteiger partial charge on any atom is -0.392 e. The second-order valence-electron chi connectivity index (χ2n) is 4.35. The maximum Gasteiger partial charge on any atom is 0.253 e. The highest BCUT2D eigenvalue weighted by molar-refractivity contribution is 5.73. The summed E-state index contributed by atoms with van der Waals surface area (Å²) in [5.74, 6) is 0. The van der Waals surface area contributed by atoms with Crippen LogP contribution in [-0.4, -0.2) is 22.7 Å². The first-order valence-corrected chi connectivity index (χ1v) is 5.97. The van der Waals surface area contributed by atoms with Crippen LogP contribution in [0.4, 0.5) is 11.4 Å². The van der Waals surface area contributed by atoms with Crippen molar-refractivity contribution in [3.05, 3.63) is 50.5 Å². The molecule has 0 saturated carbocycles. The van der Waals surface area contributed by atoms with Gasteiger partial charge in [0.05, 0.1) is 6.10 Å². The monoisotopic (exact) mass is 261 g/mol. The zero-order chi connectivity index (χ0) is 13.8. The molecule has 0 spiro atoms. The number of nitrogens with zero attached hydrogens (tertiary/aromatic N) is 1. The number of aliphatic hydroxyl groups excluding tert-OH is 1. The largest absolute Gasteiger partial charge is 0.392 e. The molecule has 0 amide bonds. The summed E-state index contributed by atoms with van der Waals surface area (Å²) in [7, 11) is 0. The molecule has 0 radical (unpaired) electrons. The first kappa shape index (κ1) is 13.2. The van der Waals surface area contributed by atoms with E-state index >= 15 is 0 Å². The molecular formula is C13H15N3O3. The molecule has 6 nitrogen and oxygen atoms in total. The molecule has 0 aliphatic rings. The molecule has 1 aromatic carbocycles. The molecule has 100 valence electrons. The number of rotatable bonds is 6. The summed E-state index contributed by atoms with van der Waals surface area (Å²) in [5, 5.41) is 14.9. The smallest absolute Gasteiger partial charge is 0.253 e. The van der Waals surface area contributed by atoms with Gasteiger partial charge in [-0.1, -0.05) is 0 Å². The number of hydrogen-bond acceptors (Lipinski definition) is 6. The zero-order valence-corrected chi connectivity index (χ0v) is 10.5. The van der Waals surface area contributed by atoms with Crippen LogP contribution in [0.25, 0.3) is 0 Å². The van der Waals surface area contributed by atoms with E-state index in [1.807, 2.05) is 12.1 Å². The summed E-state index contributed by atoms with van der Waals surface area (Å²) < 4.78 is 0. The molecule has 19 heavy (non-hydrogen) atoms. The van der Waals surface area contributed by atoms with Gasteiger partial charge in [-0.3, -0.25) is 14.6 Å². The Morgan fingerprint density at radius 2 is 1.74 bits per heavy atom. The first-order chi connectivity index (χ1) is 9.09. The van der Waals surface area contributed by atoms with Gasteiger partial charge in [-0.2, -0.15) is 0 Å². The third kappa shape index (κ3) is 2.97. The molecule has 1 aromatic heterocycles. The summed E-state index contributed by atoms with van der Waals surface area (Å²) in [5.41, 5.74) is 0.423. The van der Waals surface area contributed by atoms with Gasteiger partial charge < -0.3 is 15.7 Å². The summed E-state index contributed by atoms with van der Waals surface area (Å²) >= 11 is 0. The quantitative estimate of drug-likeness (QED) is 0.638. The molecule has 0 bridgehead atoms. The van der Waals surface area contributed by atoms with E-state index in [0.29, 0.717) is 6.54 Å². The highest BCUT2D eigenvalue weighted by Gasteiger charge is 2.20. The normalized spacial score (nSPS) is 12.3. The lowest BCUT2D eigenvalue weighted by atomic mass is 10.1. The Morgan fingerprint density at radius 1 is 1.16 bits per heavy atom. The lowest BCUT2D eigenvalue weighted by Gasteiger charge is -2.15. The van der Waals surface area contributed by atoms with Crippen LogP contribution in [0, 0.1) is 0 Å². The highest BCUT2D eigenvalue weighted by atomic mass is 16.3. The fourth-order valence-corrected chi connectivity index (χ4v) is 1.67. The maximum absolute atomic E-state index is 11.5. The third-order valence-corrected chi connectivity index (χ3v) is 2.70. The van der Waals surface area contributed by atoms with Crippen molar-refractivity contribution in [2.45, 2.75) is 19.6 Å². The third-order valence-electron chi connectivity index (χ3n) is 2.70. The van der Waals surface area contributed by atoms with Crippen molar-refractivity contribution in [3.8, 4) is 0 Å². The zero-order valence-electron chi connectivity index (χ0n) is 10.5. The second kappa shape index (κ2) is 5.62. The van der Waals surface area contributed by atoms with E-state index in [2.05, 4.69) is 15.6 Å². The number of anilines is 2. The van der Waals surface area contributed by atoms with Gasteiger partial charge in [0.25, 0.3) is 10.9 Å². The van der Waals surface area contributed by atoms with Gasteiger partial charge in [-0.15, -0.1) is 0 Å². The topological polar surface area (TPSA) is 91.3 Å². The van der Waals surface area contributed by atoms with Crippen LogP contribution in [0.2, 0.25) is 0 Å². The minimum absolute atomic E-state index is 0.231. The summed E-state index contributed by atoms with van der Waals surface area (Å²) in [6, 6.07) is 3.64. The van der Waals surface area contributed by atoms with E-state index in [9.17, 15) is 9.59 Å². The maximum atomic E-state index is 11.5. The van der Waals surface area contributed by atoms with Gasteiger partial charge in [-0.05, 0) is 24.6 Å². The molecule has 0 saturated heterocycles. The van der Waals surface area contributed by atoms with Crippen LogP contribution >= 0.6 is 0 Å². The van der Waals surface area contributed by atoms with Crippen molar-refractivity contribution in [3.63, 3.8) is 0 Å². The lowest BCUT2D eigenvalue weighted by molar-refractivity contribution is 0.208. The number of aliphatic hydroxyl groups is 1. The van der Waals surface area contributed by atoms with Gasteiger partial charge in [0.2, 0.25) is 0 Å². The van der Waals surface area contributed by atoms with Crippen molar-refractivity contribution < 1.29 is 5.11 Å². The molecule has 2 aromatic rings. The first-order valence-electron chi connectivity index (χ1n) is 5.97. The van der Waals surface area contributed by atoms with E-state index in [0.717, 1.165) is 5.56 Å². The predicted molar refractivity (Wildman–Crippen MR) is 73.1 cm³/mol. The van der Waals surface area contributed by atoms with Crippen LogP contribution in [0.1, 0.15) is 12.5 Å². The number of aromatic nitrogens is 1. The van der Waals surface area contributed by atoms with Gasteiger partial charge in [0.15, 0.2) is 0 Å². The van der Waals surface area contributed by atoms with Gasteiger partial charge >= 0.3 is 0 Å². The van der Waals surface area contributed by atoms with Gasteiger partial charge in [0.1, 0.15) is 11.4 Å². The Bertz CT molecular complexity index is 616.